The quantitative estimate of drug-likeness (QED) is 0.468. The van der Waals surface area contributed by atoms with Crippen LogP contribution in [0.4, 0.5) is 0 Å². The molecule has 0 bridgehead atoms. The standard InChI is InChI=1S/C10H21Cl2N2O3P/c1-3-13-18(16,17-9-4-10(2)15)14(7-5-11)8-6-12/h3-9H2,1-2H3,(H,13,16). The highest BCUT2D eigenvalue weighted by molar-refractivity contribution is 7.54. The largest absolute Gasteiger partial charge is 0.343 e. The first-order valence-corrected chi connectivity index (χ1v) is 8.51. The van der Waals surface area contributed by atoms with Gasteiger partial charge in [-0.2, -0.15) is 0 Å². The van der Waals surface area contributed by atoms with E-state index in [9.17, 15) is 9.36 Å². The van der Waals surface area contributed by atoms with Crippen LogP contribution in [0, 0.1) is 0 Å². The topological polar surface area (TPSA) is 58.6 Å². The second-order valence-corrected chi connectivity index (χ2v) is 6.59. The van der Waals surface area contributed by atoms with Crippen LogP contribution in [-0.2, 0) is 13.9 Å². The average Bonchev–Trinajstić information content (AvgIpc) is 2.28. The minimum Gasteiger partial charge on any atom is -0.306 e. The molecule has 0 rings (SSSR count). The van der Waals surface area contributed by atoms with Crippen LogP contribution in [-0.4, -0.2) is 48.5 Å². The van der Waals surface area contributed by atoms with E-state index in [1.165, 1.54) is 6.92 Å². The first kappa shape index (κ1) is 18.4. The number of hydrogen-bond donors (Lipinski definition) is 1. The molecule has 0 heterocycles. The van der Waals surface area contributed by atoms with Gasteiger partial charge in [0, 0.05) is 37.8 Å². The summed E-state index contributed by atoms with van der Waals surface area (Å²) in [6, 6.07) is 0. The maximum Gasteiger partial charge on any atom is 0.343 e. The van der Waals surface area contributed by atoms with Gasteiger partial charge in [-0.05, 0) is 6.92 Å². The van der Waals surface area contributed by atoms with Gasteiger partial charge < -0.3 is 4.52 Å². The summed E-state index contributed by atoms with van der Waals surface area (Å²) >= 11 is 11.4. The molecule has 0 saturated carbocycles. The van der Waals surface area contributed by atoms with Gasteiger partial charge in [-0.1, -0.05) is 6.92 Å². The van der Waals surface area contributed by atoms with Gasteiger partial charge in [0.1, 0.15) is 5.78 Å². The number of hydrogen-bond acceptors (Lipinski definition) is 3. The predicted molar refractivity (Wildman–Crippen MR) is 75.5 cm³/mol. The molecular formula is C10H21Cl2N2O3P. The molecular weight excluding hydrogens is 298 g/mol. The maximum absolute atomic E-state index is 12.6. The van der Waals surface area contributed by atoms with Crippen LogP contribution >= 0.6 is 30.9 Å². The fourth-order valence-electron chi connectivity index (χ4n) is 1.31. The molecule has 8 heteroatoms. The molecule has 0 aromatic rings. The molecule has 0 amide bonds. The highest BCUT2D eigenvalue weighted by Gasteiger charge is 2.30. The normalized spacial score (nSPS) is 14.7. The van der Waals surface area contributed by atoms with Crippen molar-refractivity contribution in [2.75, 3.05) is 38.0 Å². The summed E-state index contributed by atoms with van der Waals surface area (Å²) < 4.78 is 19.6. The molecule has 0 fully saturated rings. The lowest BCUT2D eigenvalue weighted by Gasteiger charge is -2.30. The van der Waals surface area contributed by atoms with Gasteiger partial charge in [-0.3, -0.25) is 9.36 Å². The van der Waals surface area contributed by atoms with E-state index in [-0.39, 0.29) is 18.8 Å². The van der Waals surface area contributed by atoms with Crippen molar-refractivity contribution in [3.8, 4) is 0 Å². The van der Waals surface area contributed by atoms with E-state index >= 15 is 0 Å². The van der Waals surface area contributed by atoms with E-state index in [2.05, 4.69) is 5.09 Å². The summed E-state index contributed by atoms with van der Waals surface area (Å²) in [5.41, 5.74) is 0. The van der Waals surface area contributed by atoms with E-state index in [1.54, 1.807) is 4.67 Å². The Morgan fingerprint density at radius 3 is 2.28 bits per heavy atom. The average molecular weight is 319 g/mol. The summed E-state index contributed by atoms with van der Waals surface area (Å²) in [4.78, 5) is 10.9. The molecule has 1 unspecified atom stereocenters. The Labute approximate surface area is 119 Å². The van der Waals surface area contributed by atoms with Crippen molar-refractivity contribution >= 4 is 36.7 Å². The second kappa shape index (κ2) is 10.2. The molecule has 0 aromatic heterocycles. The van der Waals surface area contributed by atoms with E-state index in [4.69, 9.17) is 27.7 Å². The molecule has 5 nitrogen and oxygen atoms in total. The third-order valence-corrected chi connectivity index (χ3v) is 4.87. The number of nitrogens with one attached hydrogen (secondary N) is 1. The minimum absolute atomic E-state index is 0.000662. The SMILES string of the molecule is CCNP(=O)(OCCC(C)=O)N(CCCl)CCCl. The highest BCUT2D eigenvalue weighted by Crippen LogP contribution is 2.46. The number of carbonyl (C=O) groups excluding carboxylic acids is 1. The molecule has 18 heavy (non-hydrogen) atoms. The van der Waals surface area contributed by atoms with Crippen LogP contribution in [0.3, 0.4) is 0 Å². The van der Waals surface area contributed by atoms with Crippen molar-refractivity contribution in [3.05, 3.63) is 0 Å². The van der Waals surface area contributed by atoms with E-state index in [0.29, 0.717) is 31.4 Å². The van der Waals surface area contributed by atoms with Crippen LogP contribution in [0.15, 0.2) is 0 Å². The Balaban J connectivity index is 4.62. The van der Waals surface area contributed by atoms with E-state index < -0.39 is 7.67 Å². The van der Waals surface area contributed by atoms with Gasteiger partial charge in [0.05, 0.1) is 6.61 Å². The lowest BCUT2D eigenvalue weighted by Crippen LogP contribution is -2.32. The molecule has 0 aromatic carbocycles. The number of rotatable bonds is 11. The summed E-state index contributed by atoms with van der Waals surface area (Å²) in [6.45, 7) is 4.76. The Bertz CT molecular complexity index is 286. The van der Waals surface area contributed by atoms with E-state index in [1.807, 2.05) is 6.92 Å². The second-order valence-electron chi connectivity index (χ2n) is 3.65. The molecule has 0 aliphatic heterocycles. The summed E-state index contributed by atoms with van der Waals surface area (Å²) in [7, 11) is -3.16. The van der Waals surface area contributed by atoms with Crippen LogP contribution in [0.1, 0.15) is 20.3 Å². The lowest BCUT2D eigenvalue weighted by molar-refractivity contribution is -0.117. The third-order valence-electron chi connectivity index (χ3n) is 2.14. The van der Waals surface area contributed by atoms with Gasteiger partial charge in [0.25, 0.3) is 0 Å². The van der Waals surface area contributed by atoms with Crippen molar-refractivity contribution in [1.82, 2.24) is 9.76 Å². The number of nitrogens with zero attached hydrogens (tertiary/aromatic N) is 1. The summed E-state index contributed by atoms with van der Waals surface area (Å²) in [6.07, 6.45) is 0.241. The van der Waals surface area contributed by atoms with Crippen molar-refractivity contribution in [3.63, 3.8) is 0 Å². The zero-order valence-electron chi connectivity index (χ0n) is 10.8. The Morgan fingerprint density at radius 1 is 1.33 bits per heavy atom. The fourth-order valence-corrected chi connectivity index (χ4v) is 3.87. The number of carbonyl (C=O) groups is 1. The van der Waals surface area contributed by atoms with Crippen molar-refractivity contribution < 1.29 is 13.9 Å². The Morgan fingerprint density at radius 2 is 1.89 bits per heavy atom. The van der Waals surface area contributed by atoms with Gasteiger partial charge >= 0.3 is 7.67 Å². The molecule has 0 saturated heterocycles. The van der Waals surface area contributed by atoms with Crippen molar-refractivity contribution in [2.45, 2.75) is 20.3 Å². The molecule has 0 aliphatic carbocycles. The zero-order chi connectivity index (χ0) is 14.0. The number of Topliss-reactive ketones (excluding diaryl/α,β-unsaturated/α-hetero) is 1. The number of ketones is 1. The summed E-state index contributed by atoms with van der Waals surface area (Å²) in [5.74, 6) is 0.671. The zero-order valence-corrected chi connectivity index (χ0v) is 13.2. The maximum atomic E-state index is 12.6. The van der Waals surface area contributed by atoms with Gasteiger partial charge in [0.2, 0.25) is 0 Å². The Kier molecular flexibility index (Phi) is 10.4. The van der Waals surface area contributed by atoms with Crippen molar-refractivity contribution in [1.29, 1.82) is 0 Å². The lowest BCUT2D eigenvalue weighted by atomic mass is 10.3. The number of alkyl halides is 2. The highest BCUT2D eigenvalue weighted by atomic mass is 35.5. The molecule has 0 aliphatic rings. The smallest absolute Gasteiger partial charge is 0.306 e. The van der Waals surface area contributed by atoms with Crippen LogP contribution in [0.2, 0.25) is 0 Å². The molecule has 0 spiro atoms. The van der Waals surface area contributed by atoms with Crippen LogP contribution in [0.25, 0.3) is 0 Å². The first-order valence-electron chi connectivity index (χ1n) is 5.86. The van der Waals surface area contributed by atoms with Crippen molar-refractivity contribution in [2.24, 2.45) is 0 Å². The van der Waals surface area contributed by atoms with E-state index in [0.717, 1.165) is 0 Å². The monoisotopic (exact) mass is 318 g/mol. The van der Waals surface area contributed by atoms with Crippen LogP contribution in [0.5, 0.6) is 0 Å². The molecule has 108 valence electrons. The fraction of sp³-hybridized carbons (Fsp3) is 0.900. The molecule has 0 radical (unpaired) electrons. The number of halogens is 2. The predicted octanol–water partition coefficient (Wildman–Crippen LogP) is 2.48. The van der Waals surface area contributed by atoms with Gasteiger partial charge in [-0.15, -0.1) is 23.2 Å². The Hall–Kier alpha value is 0.360. The van der Waals surface area contributed by atoms with Gasteiger partial charge in [-0.25, -0.2) is 9.76 Å². The van der Waals surface area contributed by atoms with Gasteiger partial charge in [0.15, 0.2) is 0 Å². The van der Waals surface area contributed by atoms with Crippen LogP contribution < -0.4 is 5.09 Å². The molecule has 1 N–H and O–H groups in total. The summed E-state index contributed by atoms with van der Waals surface area (Å²) in [5, 5.41) is 2.83. The minimum atomic E-state index is -3.16. The first-order chi connectivity index (χ1) is 8.50. The molecule has 1 atom stereocenters. The third kappa shape index (κ3) is 7.07.